The molecular weight excluding hydrogens is 320 g/mol. The number of aromatic nitrogens is 2. The Hall–Kier alpha value is -3.99. The van der Waals surface area contributed by atoms with Crippen molar-refractivity contribution in [2.24, 2.45) is 0 Å². The average Bonchev–Trinajstić information content (AvgIpc) is 2.66. The van der Waals surface area contributed by atoms with Gasteiger partial charge in [-0.15, -0.1) is 0 Å². The minimum absolute atomic E-state index is 0.930. The van der Waals surface area contributed by atoms with E-state index in [0.717, 1.165) is 0 Å². The van der Waals surface area contributed by atoms with E-state index in [1.807, 2.05) is 0 Å². The number of hydrogen-bond donors (Lipinski definition) is 1. The van der Waals surface area contributed by atoms with Gasteiger partial charge in [-0.2, -0.15) is 0 Å². The van der Waals surface area contributed by atoms with Crippen LogP contribution in [0.15, 0.2) is 0 Å². The Morgan fingerprint density at radius 3 is 1.55 bits per heavy atom. The second kappa shape index (κ2) is 4.84. The third kappa shape index (κ3) is 1.86. The summed E-state index contributed by atoms with van der Waals surface area (Å²) in [6.45, 7) is 0. The first kappa shape index (κ1) is 16.1. The van der Waals surface area contributed by atoms with Crippen LogP contribution in [0.3, 0.4) is 0 Å². The highest BCUT2D eigenvalue weighted by Gasteiger charge is 2.84. The molecule has 2 N–H and O–H groups in total. The van der Waals surface area contributed by atoms with Gasteiger partial charge < -0.3 is 26.0 Å². The van der Waals surface area contributed by atoms with Crippen molar-refractivity contribution in [3.05, 3.63) is 50.6 Å². The molecular formula is C4H2N8O10. The molecule has 1 aromatic heterocycles. The number of nitrogens with zero attached hydrogens (tertiary/aromatic N) is 7. The van der Waals surface area contributed by atoms with Crippen LogP contribution in [0.4, 0.5) is 17.3 Å². The standard InChI is InChI=1S/C4H2N8O10/c5-1-2(8(13)14)6-7(3(1)9(15)16)4(10(17)18,11(19)20)12(21)22/h5H2. The summed E-state index contributed by atoms with van der Waals surface area (Å²) in [5, 5.41) is 56.3. The zero-order valence-electron chi connectivity index (χ0n) is 9.79. The van der Waals surface area contributed by atoms with Gasteiger partial charge in [0.25, 0.3) is 0 Å². The smallest absolute Gasteiger partial charge is 0.385 e. The molecule has 0 saturated heterocycles. The van der Waals surface area contributed by atoms with E-state index in [0.29, 0.717) is 0 Å². The summed E-state index contributed by atoms with van der Waals surface area (Å²) >= 11 is 0. The summed E-state index contributed by atoms with van der Waals surface area (Å²) in [6, 6.07) is 0. The lowest BCUT2D eigenvalue weighted by molar-refractivity contribution is -1.01. The quantitative estimate of drug-likeness (QED) is 0.363. The number of nitro groups is 5. The summed E-state index contributed by atoms with van der Waals surface area (Å²) in [7, 11) is 0. The van der Waals surface area contributed by atoms with Gasteiger partial charge >= 0.3 is 17.5 Å². The maximum Gasteiger partial charge on any atom is 0.898 e. The van der Waals surface area contributed by atoms with Crippen molar-refractivity contribution < 1.29 is 24.6 Å². The summed E-state index contributed by atoms with van der Waals surface area (Å²) in [4.78, 5) is 44.3. The van der Waals surface area contributed by atoms with Crippen molar-refractivity contribution in [3.8, 4) is 0 Å². The van der Waals surface area contributed by atoms with E-state index in [-0.39, 0.29) is 0 Å². The second-order valence-electron chi connectivity index (χ2n) is 3.36. The summed E-state index contributed by atoms with van der Waals surface area (Å²) in [5.74, 6) is -8.01. The Morgan fingerprint density at radius 1 is 0.864 bits per heavy atom. The van der Waals surface area contributed by atoms with Crippen molar-refractivity contribution in [1.29, 1.82) is 0 Å². The van der Waals surface area contributed by atoms with Gasteiger partial charge in [-0.3, -0.25) is 0 Å². The average molecular weight is 322 g/mol. The van der Waals surface area contributed by atoms with Crippen molar-refractivity contribution >= 4 is 17.3 Å². The highest BCUT2D eigenvalue weighted by molar-refractivity contribution is 5.65. The molecule has 0 aliphatic heterocycles. The summed E-state index contributed by atoms with van der Waals surface area (Å²) in [6.07, 6.45) is 0. The predicted molar refractivity (Wildman–Crippen MR) is 58.9 cm³/mol. The fourth-order valence-electron chi connectivity index (χ4n) is 1.36. The second-order valence-corrected chi connectivity index (χ2v) is 3.36. The molecule has 0 radical (unpaired) electrons. The highest BCUT2D eigenvalue weighted by Crippen LogP contribution is 2.35. The SMILES string of the molecule is Nc1c([N+](=O)[O-])nn(C([N+](=O)[O-])([N+](=O)[O-])[N+](=O)[O-])c1[N+](=O)[O-]. The highest BCUT2D eigenvalue weighted by atomic mass is 16.7. The monoisotopic (exact) mass is 322 g/mol. The molecule has 0 amide bonds. The van der Waals surface area contributed by atoms with E-state index >= 15 is 0 Å². The summed E-state index contributed by atoms with van der Waals surface area (Å²) < 4.78 is -0.930. The maximum atomic E-state index is 10.8. The topological polar surface area (TPSA) is 260 Å². The lowest BCUT2D eigenvalue weighted by Gasteiger charge is -2.02. The van der Waals surface area contributed by atoms with Crippen LogP contribution in [0, 0.1) is 50.6 Å². The van der Waals surface area contributed by atoms with E-state index in [1.54, 1.807) is 0 Å². The molecule has 1 heterocycles. The normalized spacial score (nSPS) is 10.9. The van der Waals surface area contributed by atoms with Crippen molar-refractivity contribution in [2.45, 2.75) is 5.91 Å². The van der Waals surface area contributed by atoms with Gasteiger partial charge in [0.1, 0.15) is 0 Å². The van der Waals surface area contributed by atoms with Gasteiger partial charge in [-0.1, -0.05) is 0 Å². The number of nitrogen functional groups attached to an aromatic ring is 1. The van der Waals surface area contributed by atoms with Gasteiger partial charge in [0.05, 0.1) is 0 Å². The molecule has 0 aromatic carbocycles. The van der Waals surface area contributed by atoms with Crippen LogP contribution in [0.25, 0.3) is 0 Å². The molecule has 0 fully saturated rings. The molecule has 18 heteroatoms. The third-order valence-electron chi connectivity index (χ3n) is 2.24. The first-order valence-corrected chi connectivity index (χ1v) is 4.60. The summed E-state index contributed by atoms with van der Waals surface area (Å²) in [5.41, 5.74) is 3.56. The molecule has 0 atom stereocenters. The molecule has 0 spiro atoms. The number of hydrogen-bond acceptors (Lipinski definition) is 12. The number of rotatable bonds is 6. The van der Waals surface area contributed by atoms with Gasteiger partial charge in [-0.25, -0.2) is 30.3 Å². The molecule has 0 aliphatic carbocycles. The van der Waals surface area contributed by atoms with Crippen LogP contribution in [0.2, 0.25) is 0 Å². The van der Waals surface area contributed by atoms with E-state index in [4.69, 9.17) is 5.73 Å². The predicted octanol–water partition coefficient (Wildman–Crippen LogP) is -1.32. The van der Waals surface area contributed by atoms with E-state index in [9.17, 15) is 50.6 Å². The fraction of sp³-hybridized carbons (Fsp3) is 0.250. The van der Waals surface area contributed by atoms with E-state index in [1.165, 1.54) is 0 Å². The van der Waals surface area contributed by atoms with Crippen molar-refractivity contribution in [2.75, 3.05) is 5.73 Å². The molecule has 118 valence electrons. The molecule has 1 rings (SSSR count). The maximum absolute atomic E-state index is 10.8. The molecule has 18 nitrogen and oxygen atoms in total. The minimum Gasteiger partial charge on any atom is -0.385 e. The van der Waals surface area contributed by atoms with Crippen LogP contribution in [0.5, 0.6) is 0 Å². The lowest BCUT2D eigenvalue weighted by Crippen LogP contribution is -2.55. The zero-order chi connectivity index (χ0) is 17.4. The van der Waals surface area contributed by atoms with E-state index in [2.05, 4.69) is 5.10 Å². The Balaban J connectivity index is 4.00. The van der Waals surface area contributed by atoms with Gasteiger partial charge in [0, 0.05) is 0 Å². The van der Waals surface area contributed by atoms with Crippen molar-refractivity contribution in [3.63, 3.8) is 0 Å². The first-order chi connectivity index (χ1) is 9.99. The largest absolute Gasteiger partial charge is 0.898 e. The minimum atomic E-state index is -4.59. The number of nitrogens with two attached hydrogens (primary N) is 1. The zero-order valence-corrected chi connectivity index (χ0v) is 9.79. The Kier molecular flexibility index (Phi) is 3.54. The molecule has 1 aromatic rings. The first-order valence-electron chi connectivity index (χ1n) is 4.60. The molecule has 22 heavy (non-hydrogen) atoms. The van der Waals surface area contributed by atoms with Crippen LogP contribution in [-0.2, 0) is 5.91 Å². The molecule has 0 bridgehead atoms. The fourth-order valence-corrected chi connectivity index (χ4v) is 1.36. The van der Waals surface area contributed by atoms with Gasteiger partial charge in [-0.05, 0) is 9.85 Å². The van der Waals surface area contributed by atoms with Crippen LogP contribution >= 0.6 is 0 Å². The van der Waals surface area contributed by atoms with E-state index < -0.39 is 52.5 Å². The Labute approximate surface area is 115 Å². The molecule has 0 saturated carbocycles. The lowest BCUT2D eigenvalue weighted by atomic mass is 10.5. The molecule has 0 aliphatic rings. The third-order valence-corrected chi connectivity index (χ3v) is 2.24. The van der Waals surface area contributed by atoms with Crippen molar-refractivity contribution in [1.82, 2.24) is 9.78 Å². The molecule has 0 unspecified atom stereocenters. The Bertz CT molecular complexity index is 683. The van der Waals surface area contributed by atoms with Crippen LogP contribution in [-0.4, -0.2) is 34.4 Å². The van der Waals surface area contributed by atoms with Crippen LogP contribution < -0.4 is 5.73 Å². The van der Waals surface area contributed by atoms with Gasteiger partial charge in [0.2, 0.25) is 20.5 Å². The number of anilines is 1. The Morgan fingerprint density at radius 2 is 1.27 bits per heavy atom. The van der Waals surface area contributed by atoms with Crippen LogP contribution in [0.1, 0.15) is 0 Å². The van der Waals surface area contributed by atoms with Gasteiger partial charge in [0.15, 0.2) is 9.78 Å².